The first-order valence-corrected chi connectivity index (χ1v) is 12.5. The van der Waals surface area contributed by atoms with Gasteiger partial charge in [-0.05, 0) is 56.2 Å². The molecule has 0 radical (unpaired) electrons. The van der Waals surface area contributed by atoms with Crippen LogP contribution in [0.15, 0.2) is 71.1 Å². The minimum absolute atomic E-state index is 0.148. The number of rotatable bonds is 8. The summed E-state index contributed by atoms with van der Waals surface area (Å²) in [6.07, 6.45) is 0. The lowest BCUT2D eigenvalue weighted by molar-refractivity contribution is -0.127. The number of halogens is 1. The topological polar surface area (TPSA) is 75.0 Å². The summed E-state index contributed by atoms with van der Waals surface area (Å²) in [6, 6.07) is 17.6. The SMILES string of the molecule is CC(C)(C)NC(=O)[C@@H](c1ccc(F)cc1)N(Cc1ccccc1)C(=O)c1ccc(CN2CCOCC2)o1. The summed E-state index contributed by atoms with van der Waals surface area (Å²) in [4.78, 5) is 31.3. The number of ether oxygens (including phenoxy) is 1. The zero-order valence-corrected chi connectivity index (χ0v) is 21.6. The maximum Gasteiger partial charge on any atom is 0.290 e. The second kappa shape index (κ2) is 11.7. The second-order valence-electron chi connectivity index (χ2n) is 10.3. The number of hydrogen-bond acceptors (Lipinski definition) is 5. The van der Waals surface area contributed by atoms with Crippen LogP contribution in [0.1, 0.15) is 54.3 Å². The number of nitrogens with zero attached hydrogens (tertiary/aromatic N) is 2. The molecule has 0 aliphatic carbocycles. The Balaban J connectivity index is 1.69. The summed E-state index contributed by atoms with van der Waals surface area (Å²) in [6.45, 7) is 9.29. The molecule has 1 aliphatic heterocycles. The van der Waals surface area contributed by atoms with Crippen molar-refractivity contribution in [1.29, 1.82) is 0 Å². The monoisotopic (exact) mass is 507 g/mol. The van der Waals surface area contributed by atoms with Crippen LogP contribution in [0.2, 0.25) is 0 Å². The first kappa shape index (κ1) is 26.6. The van der Waals surface area contributed by atoms with Gasteiger partial charge in [0.25, 0.3) is 5.91 Å². The predicted octanol–water partition coefficient (Wildman–Crippen LogP) is 4.55. The Kier molecular flexibility index (Phi) is 8.41. The molecule has 0 bridgehead atoms. The van der Waals surface area contributed by atoms with E-state index >= 15 is 0 Å². The van der Waals surface area contributed by atoms with Gasteiger partial charge >= 0.3 is 0 Å². The van der Waals surface area contributed by atoms with E-state index in [1.54, 1.807) is 24.3 Å². The third-order valence-corrected chi connectivity index (χ3v) is 6.06. The molecule has 1 fully saturated rings. The van der Waals surface area contributed by atoms with Crippen molar-refractivity contribution in [3.63, 3.8) is 0 Å². The Morgan fingerprint density at radius 3 is 2.32 bits per heavy atom. The molecule has 37 heavy (non-hydrogen) atoms. The Hall–Kier alpha value is -3.49. The molecule has 2 amide bonds. The summed E-state index contributed by atoms with van der Waals surface area (Å²) >= 11 is 0. The van der Waals surface area contributed by atoms with Gasteiger partial charge in [0.15, 0.2) is 5.76 Å². The van der Waals surface area contributed by atoms with E-state index in [-0.39, 0.29) is 18.2 Å². The molecule has 1 N–H and O–H groups in total. The van der Waals surface area contributed by atoms with Gasteiger partial charge in [-0.15, -0.1) is 0 Å². The Labute approximate surface area is 217 Å². The van der Waals surface area contributed by atoms with Gasteiger partial charge in [-0.3, -0.25) is 14.5 Å². The maximum absolute atomic E-state index is 14.0. The molecule has 0 spiro atoms. The highest BCUT2D eigenvalue weighted by molar-refractivity contribution is 5.96. The van der Waals surface area contributed by atoms with Gasteiger partial charge < -0.3 is 19.4 Å². The molecule has 7 nitrogen and oxygen atoms in total. The van der Waals surface area contributed by atoms with E-state index < -0.39 is 23.3 Å². The number of amides is 2. The zero-order chi connectivity index (χ0) is 26.4. The van der Waals surface area contributed by atoms with Crippen LogP contribution in [-0.2, 0) is 22.6 Å². The molecule has 1 aliphatic rings. The van der Waals surface area contributed by atoms with E-state index in [0.717, 1.165) is 18.7 Å². The van der Waals surface area contributed by atoms with Crippen molar-refractivity contribution < 1.29 is 23.1 Å². The van der Waals surface area contributed by atoms with E-state index in [2.05, 4.69) is 10.2 Å². The molecule has 2 heterocycles. The van der Waals surface area contributed by atoms with Gasteiger partial charge in [0.2, 0.25) is 5.91 Å². The van der Waals surface area contributed by atoms with Gasteiger partial charge in [0.1, 0.15) is 17.6 Å². The highest BCUT2D eigenvalue weighted by Gasteiger charge is 2.35. The van der Waals surface area contributed by atoms with Crippen molar-refractivity contribution in [3.8, 4) is 0 Å². The third kappa shape index (κ3) is 7.27. The van der Waals surface area contributed by atoms with Gasteiger partial charge in [-0.1, -0.05) is 42.5 Å². The molecule has 3 aromatic rings. The van der Waals surface area contributed by atoms with Crippen molar-refractivity contribution >= 4 is 11.8 Å². The van der Waals surface area contributed by atoms with Crippen molar-refractivity contribution in [1.82, 2.24) is 15.1 Å². The number of morpholine rings is 1. The molecule has 0 saturated carbocycles. The van der Waals surface area contributed by atoms with Gasteiger partial charge in [0, 0.05) is 25.2 Å². The quantitative estimate of drug-likeness (QED) is 0.484. The van der Waals surface area contributed by atoms with Crippen LogP contribution < -0.4 is 5.32 Å². The lowest BCUT2D eigenvalue weighted by Crippen LogP contribution is -2.49. The smallest absolute Gasteiger partial charge is 0.290 e. The molecule has 196 valence electrons. The predicted molar refractivity (Wildman–Crippen MR) is 138 cm³/mol. The van der Waals surface area contributed by atoms with Crippen LogP contribution >= 0.6 is 0 Å². The molecule has 1 atom stereocenters. The number of furan rings is 1. The highest BCUT2D eigenvalue weighted by Crippen LogP contribution is 2.28. The average Bonchev–Trinajstić information content (AvgIpc) is 3.33. The van der Waals surface area contributed by atoms with E-state index in [4.69, 9.17) is 9.15 Å². The standard InChI is InChI=1S/C29H34FN3O4/c1-29(2,3)31-27(34)26(22-9-11-23(30)12-10-22)33(19-21-7-5-4-6-8-21)28(35)25-14-13-24(37-25)20-32-15-17-36-18-16-32/h4-14,26H,15-20H2,1-3H3,(H,31,34)/t26-/m1/s1. The summed E-state index contributed by atoms with van der Waals surface area (Å²) in [7, 11) is 0. The third-order valence-electron chi connectivity index (χ3n) is 6.06. The fraction of sp³-hybridized carbons (Fsp3) is 0.379. The largest absolute Gasteiger partial charge is 0.455 e. The molecular formula is C29H34FN3O4. The lowest BCUT2D eigenvalue weighted by atomic mass is 10.0. The minimum atomic E-state index is -1.000. The van der Waals surface area contributed by atoms with Crippen LogP contribution in [0.25, 0.3) is 0 Å². The normalized spacial score (nSPS) is 15.2. The van der Waals surface area contributed by atoms with Gasteiger partial charge in [-0.2, -0.15) is 0 Å². The van der Waals surface area contributed by atoms with E-state index in [0.29, 0.717) is 31.1 Å². The Morgan fingerprint density at radius 2 is 1.68 bits per heavy atom. The van der Waals surface area contributed by atoms with Crippen LogP contribution in [0.4, 0.5) is 4.39 Å². The molecule has 8 heteroatoms. The Morgan fingerprint density at radius 1 is 1.00 bits per heavy atom. The van der Waals surface area contributed by atoms with Crippen LogP contribution in [-0.4, -0.2) is 53.5 Å². The van der Waals surface area contributed by atoms with Crippen LogP contribution in [0.3, 0.4) is 0 Å². The maximum atomic E-state index is 14.0. The summed E-state index contributed by atoms with van der Waals surface area (Å²) in [5.74, 6) is -0.380. The fourth-order valence-corrected chi connectivity index (χ4v) is 4.32. The minimum Gasteiger partial charge on any atom is -0.455 e. The molecule has 4 rings (SSSR count). The molecule has 0 unspecified atom stereocenters. The number of nitrogens with one attached hydrogen (secondary N) is 1. The van der Waals surface area contributed by atoms with Crippen molar-refractivity contribution in [2.24, 2.45) is 0 Å². The van der Waals surface area contributed by atoms with Crippen LogP contribution in [0, 0.1) is 5.82 Å². The molecule has 2 aromatic carbocycles. The van der Waals surface area contributed by atoms with Crippen molar-refractivity contribution in [2.75, 3.05) is 26.3 Å². The molecule has 1 saturated heterocycles. The number of carbonyl (C=O) groups excluding carboxylic acids is 2. The fourth-order valence-electron chi connectivity index (χ4n) is 4.32. The first-order valence-electron chi connectivity index (χ1n) is 12.5. The lowest BCUT2D eigenvalue weighted by Gasteiger charge is -2.33. The highest BCUT2D eigenvalue weighted by atomic mass is 19.1. The van der Waals surface area contributed by atoms with Crippen LogP contribution in [0.5, 0.6) is 0 Å². The molecule has 1 aromatic heterocycles. The Bertz CT molecular complexity index is 1180. The van der Waals surface area contributed by atoms with E-state index in [9.17, 15) is 14.0 Å². The average molecular weight is 508 g/mol. The number of carbonyl (C=O) groups is 2. The van der Waals surface area contributed by atoms with Crippen molar-refractivity contribution in [2.45, 2.75) is 45.4 Å². The van der Waals surface area contributed by atoms with E-state index in [1.807, 2.05) is 51.1 Å². The number of hydrogen-bond donors (Lipinski definition) is 1. The molecular weight excluding hydrogens is 473 g/mol. The summed E-state index contributed by atoms with van der Waals surface area (Å²) in [5.41, 5.74) is 0.825. The zero-order valence-electron chi connectivity index (χ0n) is 21.6. The summed E-state index contributed by atoms with van der Waals surface area (Å²) < 4.78 is 25.2. The second-order valence-corrected chi connectivity index (χ2v) is 10.3. The first-order chi connectivity index (χ1) is 17.7. The van der Waals surface area contributed by atoms with Gasteiger partial charge in [-0.25, -0.2) is 4.39 Å². The number of benzene rings is 2. The van der Waals surface area contributed by atoms with Crippen molar-refractivity contribution in [3.05, 3.63) is 95.2 Å². The van der Waals surface area contributed by atoms with E-state index in [1.165, 1.54) is 17.0 Å². The van der Waals surface area contributed by atoms with Gasteiger partial charge in [0.05, 0.1) is 19.8 Å². The summed E-state index contributed by atoms with van der Waals surface area (Å²) in [5, 5.41) is 2.99.